The van der Waals surface area contributed by atoms with Crippen LogP contribution in [0.4, 0.5) is 17.3 Å². The largest absolute Gasteiger partial charge is 0.309 e. The number of nitrogens with zero attached hydrogens (tertiary/aromatic N) is 4. The molecule has 0 radical (unpaired) electrons. The minimum absolute atomic E-state index is 0.663. The van der Waals surface area contributed by atoms with Crippen LogP contribution in [0.3, 0.4) is 0 Å². The highest BCUT2D eigenvalue weighted by Gasteiger charge is 2.30. The molecule has 0 N–H and O–H groups in total. The van der Waals surface area contributed by atoms with Crippen molar-refractivity contribution in [1.29, 1.82) is 0 Å². The zero-order chi connectivity index (χ0) is 31.6. The highest BCUT2D eigenvalue weighted by atomic mass is 15.3. The van der Waals surface area contributed by atoms with Crippen LogP contribution in [-0.4, -0.2) is 14.5 Å². The minimum atomic E-state index is 0.663. The first-order valence-electron chi connectivity index (χ1n) is 16.6. The molecule has 0 amide bonds. The Balaban J connectivity index is 1.32. The van der Waals surface area contributed by atoms with E-state index in [9.17, 15) is 0 Å². The maximum Gasteiger partial charge on any atom is 0.235 e. The van der Waals surface area contributed by atoms with Crippen molar-refractivity contribution in [3.8, 4) is 28.1 Å². The molecule has 0 fully saturated rings. The van der Waals surface area contributed by atoms with E-state index in [-0.39, 0.29) is 0 Å². The second-order valence-electron chi connectivity index (χ2n) is 12.5. The van der Waals surface area contributed by atoms with E-state index in [1.54, 1.807) is 0 Å². The van der Waals surface area contributed by atoms with Gasteiger partial charge in [0.25, 0.3) is 0 Å². The molecule has 4 nitrogen and oxygen atoms in total. The summed E-state index contributed by atoms with van der Waals surface area (Å²) >= 11 is 0. The molecule has 2 aliphatic rings. The topological polar surface area (TPSA) is 34.0 Å². The van der Waals surface area contributed by atoms with Gasteiger partial charge in [0.2, 0.25) is 5.95 Å². The Kier molecular flexibility index (Phi) is 5.97. The Bertz CT molecular complexity index is 2610. The van der Waals surface area contributed by atoms with E-state index in [1.807, 2.05) is 0 Å². The number of para-hydroxylation sites is 2. The maximum atomic E-state index is 5.36. The minimum Gasteiger partial charge on any atom is -0.309 e. The van der Waals surface area contributed by atoms with Crippen LogP contribution in [0.2, 0.25) is 0 Å². The third-order valence-electron chi connectivity index (χ3n) is 9.73. The average molecular weight is 615 g/mol. The summed E-state index contributed by atoms with van der Waals surface area (Å²) in [6, 6.07) is 49.9. The van der Waals surface area contributed by atoms with Crippen molar-refractivity contribution in [2.24, 2.45) is 0 Å². The van der Waals surface area contributed by atoms with E-state index >= 15 is 0 Å². The fourth-order valence-corrected chi connectivity index (χ4v) is 7.58. The third kappa shape index (κ3) is 4.09. The molecule has 8 aromatic rings. The predicted molar refractivity (Wildman–Crippen MR) is 199 cm³/mol. The van der Waals surface area contributed by atoms with Gasteiger partial charge in [-0.25, -0.2) is 9.97 Å². The molecule has 2 aromatic heterocycles. The summed E-state index contributed by atoms with van der Waals surface area (Å²) in [5, 5.41) is 4.87. The molecule has 3 heterocycles. The van der Waals surface area contributed by atoms with Gasteiger partial charge in [0.15, 0.2) is 0 Å². The predicted octanol–water partition coefficient (Wildman–Crippen LogP) is 11.6. The van der Waals surface area contributed by atoms with Crippen LogP contribution in [0.1, 0.15) is 18.5 Å². The van der Waals surface area contributed by atoms with E-state index in [4.69, 9.17) is 9.97 Å². The first kappa shape index (κ1) is 26.9. The van der Waals surface area contributed by atoms with Crippen molar-refractivity contribution in [1.82, 2.24) is 14.5 Å². The van der Waals surface area contributed by atoms with Crippen LogP contribution in [-0.2, 0) is 0 Å². The molecule has 0 unspecified atom stereocenters. The van der Waals surface area contributed by atoms with E-state index < -0.39 is 0 Å². The standard InChI is InChI=1S/C44H30N4/c1-4-14-29(15-5-1)37-27-38(30-16-6-2-7-17-30)46-44(45-37)48-40-25-13-19-31-18-12-23-34(43(31)40)36-26-35-33-22-10-11-24-39(33)47(41(35)28-42(36)48)32-20-8-3-9-21-32/h1,3-6,8-28H,2,7H2. The molecule has 0 bridgehead atoms. The average Bonchev–Trinajstić information content (AvgIpc) is 3.48. The molecule has 0 saturated heterocycles. The Morgan fingerprint density at radius 3 is 2.15 bits per heavy atom. The number of aromatic nitrogens is 3. The molecule has 0 spiro atoms. The van der Waals surface area contributed by atoms with Crippen LogP contribution in [0, 0.1) is 0 Å². The summed E-state index contributed by atoms with van der Waals surface area (Å²) in [4.78, 5) is 13.0. The van der Waals surface area contributed by atoms with Crippen molar-refractivity contribution in [3.05, 3.63) is 163 Å². The summed E-state index contributed by atoms with van der Waals surface area (Å²) in [6.07, 6.45) is 8.80. The van der Waals surface area contributed by atoms with Crippen molar-refractivity contribution >= 4 is 55.5 Å². The second kappa shape index (κ2) is 10.6. The van der Waals surface area contributed by atoms with Crippen LogP contribution < -0.4 is 4.90 Å². The molecule has 6 aromatic carbocycles. The zero-order valence-electron chi connectivity index (χ0n) is 26.2. The number of allylic oxidation sites excluding steroid dienone is 4. The van der Waals surface area contributed by atoms with Gasteiger partial charge in [-0.15, -0.1) is 0 Å². The van der Waals surface area contributed by atoms with Crippen LogP contribution in [0.5, 0.6) is 0 Å². The lowest BCUT2D eigenvalue weighted by Crippen LogP contribution is -2.18. The molecule has 48 heavy (non-hydrogen) atoms. The zero-order valence-corrected chi connectivity index (χ0v) is 26.2. The Morgan fingerprint density at radius 2 is 1.31 bits per heavy atom. The van der Waals surface area contributed by atoms with Gasteiger partial charge in [0, 0.05) is 33.0 Å². The van der Waals surface area contributed by atoms with Gasteiger partial charge in [0.05, 0.1) is 33.8 Å². The van der Waals surface area contributed by atoms with E-state index in [0.29, 0.717) is 5.95 Å². The summed E-state index contributed by atoms with van der Waals surface area (Å²) in [5.74, 6) is 0.663. The summed E-state index contributed by atoms with van der Waals surface area (Å²) in [5.41, 5.74) is 12.1. The normalized spacial score (nSPS) is 13.7. The monoisotopic (exact) mass is 614 g/mol. The van der Waals surface area contributed by atoms with Gasteiger partial charge in [-0.05, 0) is 71.8 Å². The summed E-state index contributed by atoms with van der Waals surface area (Å²) in [7, 11) is 0. The van der Waals surface area contributed by atoms with Gasteiger partial charge < -0.3 is 4.57 Å². The summed E-state index contributed by atoms with van der Waals surface area (Å²) < 4.78 is 2.38. The molecule has 10 rings (SSSR count). The van der Waals surface area contributed by atoms with Crippen LogP contribution >= 0.6 is 0 Å². The highest BCUT2D eigenvalue weighted by Crippen LogP contribution is 2.52. The summed E-state index contributed by atoms with van der Waals surface area (Å²) in [6.45, 7) is 0. The molecule has 4 heteroatoms. The van der Waals surface area contributed by atoms with Crippen LogP contribution in [0.15, 0.2) is 158 Å². The number of rotatable bonds is 4. The lowest BCUT2D eigenvalue weighted by atomic mass is 9.90. The molecular formula is C44H30N4. The smallest absolute Gasteiger partial charge is 0.235 e. The van der Waals surface area contributed by atoms with E-state index in [0.717, 1.165) is 57.9 Å². The van der Waals surface area contributed by atoms with Gasteiger partial charge in [0.1, 0.15) is 0 Å². The fourth-order valence-electron chi connectivity index (χ4n) is 7.58. The van der Waals surface area contributed by atoms with E-state index in [2.05, 4.69) is 167 Å². The number of fused-ring (bicyclic) bond motifs is 5. The molecule has 1 aliphatic carbocycles. The van der Waals surface area contributed by atoms with Crippen molar-refractivity contribution in [2.75, 3.05) is 4.90 Å². The first-order valence-corrected chi connectivity index (χ1v) is 16.6. The Hall–Kier alpha value is -6.26. The van der Waals surface area contributed by atoms with Crippen LogP contribution in [0.25, 0.3) is 66.2 Å². The van der Waals surface area contributed by atoms with Gasteiger partial charge >= 0.3 is 0 Å². The number of hydrogen-bond acceptors (Lipinski definition) is 3. The molecule has 0 atom stereocenters. The molecule has 0 saturated carbocycles. The first-order chi connectivity index (χ1) is 23.8. The SMILES string of the molecule is C1=CC(c2cc(-c3ccccc3)nc(N3c4cc5c(cc4-c4cccc6cccc3c46)c3ccccc3n5-c3ccccc3)n2)=CCC1. The van der Waals surface area contributed by atoms with Crippen molar-refractivity contribution in [2.45, 2.75) is 12.8 Å². The second-order valence-corrected chi connectivity index (χ2v) is 12.5. The lowest BCUT2D eigenvalue weighted by Gasteiger charge is -2.32. The van der Waals surface area contributed by atoms with Crippen molar-refractivity contribution in [3.63, 3.8) is 0 Å². The lowest BCUT2D eigenvalue weighted by molar-refractivity contribution is 1.03. The molecule has 1 aliphatic heterocycles. The van der Waals surface area contributed by atoms with Gasteiger partial charge in [-0.1, -0.05) is 115 Å². The Labute approximate surface area is 278 Å². The fraction of sp³-hybridized carbons (Fsp3) is 0.0455. The molecular weight excluding hydrogens is 585 g/mol. The van der Waals surface area contributed by atoms with Gasteiger partial charge in [-0.2, -0.15) is 0 Å². The quantitative estimate of drug-likeness (QED) is 0.198. The molecule has 226 valence electrons. The maximum absolute atomic E-state index is 5.36. The number of benzene rings is 6. The highest BCUT2D eigenvalue weighted by molar-refractivity contribution is 6.18. The Morgan fingerprint density at radius 1 is 0.542 bits per heavy atom. The third-order valence-corrected chi connectivity index (χ3v) is 9.73. The van der Waals surface area contributed by atoms with Crippen molar-refractivity contribution < 1.29 is 0 Å². The van der Waals surface area contributed by atoms with Gasteiger partial charge in [-0.3, -0.25) is 4.90 Å². The number of anilines is 3. The number of hydrogen-bond donors (Lipinski definition) is 0. The van der Waals surface area contributed by atoms with E-state index in [1.165, 1.54) is 38.2 Å².